The maximum atomic E-state index is 13.4. The van der Waals surface area contributed by atoms with E-state index in [1.54, 1.807) is 0 Å². The SMILES string of the molecule is CCCC/C=C\CCCCCCCC(=O)OC(/C=C\CCCCCCCCCCCC)C(COP(=O)(O)OCC[N+](C)(C)C)NC(=O)CCCCCCCC/C=C/C=C/CCCCC. The Labute approximate surface area is 395 Å². The highest BCUT2D eigenvalue weighted by Crippen LogP contribution is 2.43. The first-order chi connectivity index (χ1) is 30.9. The van der Waals surface area contributed by atoms with Gasteiger partial charge in [0.1, 0.15) is 19.3 Å². The second-order valence-corrected chi connectivity index (χ2v) is 20.5. The molecule has 0 saturated heterocycles. The summed E-state index contributed by atoms with van der Waals surface area (Å²) < 4.78 is 30.5. The number of likely N-dealkylation sites (N-methyl/N-ethyl adjacent to an activating group) is 1. The van der Waals surface area contributed by atoms with Gasteiger partial charge in [-0.15, -0.1) is 0 Å². The van der Waals surface area contributed by atoms with Crippen LogP contribution in [0.15, 0.2) is 48.6 Å². The smallest absolute Gasteiger partial charge is 0.456 e. The van der Waals surface area contributed by atoms with Crippen LogP contribution in [0.5, 0.6) is 0 Å². The lowest BCUT2D eigenvalue weighted by Gasteiger charge is -2.27. The zero-order valence-electron chi connectivity index (χ0n) is 42.5. The van der Waals surface area contributed by atoms with Crippen LogP contribution in [-0.2, 0) is 27.9 Å². The van der Waals surface area contributed by atoms with E-state index < -0.39 is 20.0 Å². The van der Waals surface area contributed by atoms with Gasteiger partial charge in [0, 0.05) is 12.8 Å². The molecule has 0 aliphatic rings. The predicted octanol–water partition coefficient (Wildman–Crippen LogP) is 15.4. The summed E-state index contributed by atoms with van der Waals surface area (Å²) in [6, 6.07) is -0.854. The van der Waals surface area contributed by atoms with Crippen molar-refractivity contribution >= 4 is 19.7 Å². The van der Waals surface area contributed by atoms with Crippen molar-refractivity contribution in [1.82, 2.24) is 5.32 Å². The highest BCUT2D eigenvalue weighted by atomic mass is 31.2. The highest BCUT2D eigenvalue weighted by Gasteiger charge is 2.30. The van der Waals surface area contributed by atoms with Crippen LogP contribution in [0, 0.1) is 0 Å². The number of ether oxygens (including phenoxy) is 1. The summed E-state index contributed by atoms with van der Waals surface area (Å²) in [7, 11) is 1.48. The lowest BCUT2D eigenvalue weighted by atomic mass is 10.0. The number of rotatable bonds is 47. The molecule has 0 rings (SSSR count). The first-order valence-electron chi connectivity index (χ1n) is 26.5. The number of phosphoric ester groups is 1. The molecule has 2 N–H and O–H groups in total. The number of amides is 1. The average Bonchev–Trinajstić information content (AvgIpc) is 3.25. The number of nitrogens with one attached hydrogen (secondary N) is 1. The van der Waals surface area contributed by atoms with Crippen molar-refractivity contribution in [2.75, 3.05) is 40.9 Å². The number of esters is 1. The van der Waals surface area contributed by atoms with Crippen LogP contribution in [0.1, 0.15) is 233 Å². The Morgan fingerprint density at radius 3 is 1.50 bits per heavy atom. The third-order valence-corrected chi connectivity index (χ3v) is 12.5. The molecule has 0 heterocycles. The third kappa shape index (κ3) is 45.1. The van der Waals surface area contributed by atoms with E-state index >= 15 is 0 Å². The number of phosphoric acid groups is 1. The van der Waals surface area contributed by atoms with Gasteiger partial charge in [-0.2, -0.15) is 0 Å². The van der Waals surface area contributed by atoms with Crippen molar-refractivity contribution in [3.8, 4) is 0 Å². The Bertz CT molecular complexity index is 1240. The molecule has 64 heavy (non-hydrogen) atoms. The molecule has 0 aliphatic heterocycles. The minimum atomic E-state index is -4.44. The van der Waals surface area contributed by atoms with Crippen molar-refractivity contribution in [2.24, 2.45) is 0 Å². The second kappa shape index (κ2) is 44.8. The Morgan fingerprint density at radius 1 is 0.547 bits per heavy atom. The summed E-state index contributed by atoms with van der Waals surface area (Å²) in [5, 5.41) is 3.03. The Balaban J connectivity index is 5.44. The molecular formula is C54H102N2O7P+. The van der Waals surface area contributed by atoms with Crippen LogP contribution in [0.4, 0.5) is 0 Å². The molecule has 9 nitrogen and oxygen atoms in total. The Hall–Kier alpha value is -2.03. The van der Waals surface area contributed by atoms with Crippen LogP contribution >= 0.6 is 7.82 Å². The lowest BCUT2D eigenvalue weighted by Crippen LogP contribution is -2.47. The summed E-state index contributed by atoms with van der Waals surface area (Å²) in [5.41, 5.74) is 0. The predicted molar refractivity (Wildman–Crippen MR) is 272 cm³/mol. The number of quaternary nitrogens is 1. The zero-order valence-corrected chi connectivity index (χ0v) is 43.4. The molecule has 0 radical (unpaired) electrons. The molecule has 0 aromatic rings. The van der Waals surface area contributed by atoms with E-state index in [-0.39, 0.29) is 31.5 Å². The summed E-state index contributed by atoms with van der Waals surface area (Å²) in [6.07, 6.45) is 52.4. The number of carbonyl (C=O) groups is 2. The fourth-order valence-electron chi connectivity index (χ4n) is 7.32. The zero-order chi connectivity index (χ0) is 47.3. The molecule has 0 saturated carbocycles. The van der Waals surface area contributed by atoms with Gasteiger partial charge in [0.05, 0.1) is 33.8 Å². The molecule has 0 bridgehead atoms. The van der Waals surface area contributed by atoms with E-state index in [9.17, 15) is 19.0 Å². The Kier molecular flexibility index (Phi) is 43.4. The summed E-state index contributed by atoms with van der Waals surface area (Å²) in [5.74, 6) is -0.531. The number of unbranched alkanes of at least 4 members (excludes halogenated alkanes) is 26. The van der Waals surface area contributed by atoms with Gasteiger partial charge >= 0.3 is 13.8 Å². The molecule has 0 spiro atoms. The van der Waals surface area contributed by atoms with E-state index in [4.69, 9.17) is 13.8 Å². The third-order valence-electron chi connectivity index (χ3n) is 11.5. The molecule has 3 unspecified atom stereocenters. The van der Waals surface area contributed by atoms with Crippen molar-refractivity contribution < 1.29 is 37.3 Å². The van der Waals surface area contributed by atoms with Crippen molar-refractivity contribution in [3.05, 3.63) is 48.6 Å². The number of carbonyl (C=O) groups excluding carboxylic acids is 2. The number of nitrogens with zero attached hydrogens (tertiary/aromatic N) is 1. The van der Waals surface area contributed by atoms with E-state index in [0.717, 1.165) is 103 Å². The fourth-order valence-corrected chi connectivity index (χ4v) is 8.06. The molecule has 1 amide bonds. The van der Waals surface area contributed by atoms with Crippen LogP contribution in [0.2, 0.25) is 0 Å². The summed E-state index contributed by atoms with van der Waals surface area (Å²) >= 11 is 0. The molecule has 0 aromatic carbocycles. The van der Waals surface area contributed by atoms with E-state index in [0.29, 0.717) is 17.4 Å². The standard InChI is InChI=1S/C54H101N2O7P/c1-7-10-13-16-19-22-25-27-28-29-32-34-37-40-43-46-53(57)55-51(50-62-64(59,60)61-49-48-56(4,5)6)52(45-42-39-36-33-31-26-23-20-17-14-11-8-2)63-54(58)47-44-41-38-35-30-24-21-18-15-12-9-3/h18-19,21-22,25,27,42,45,51-52H,7-17,20,23-24,26,28-41,43-44,46-50H2,1-6H3,(H-,55,57,59,60)/p+1/b21-18-,22-19+,27-25+,45-42-. The number of hydrogen-bond acceptors (Lipinski definition) is 6. The molecule has 3 atom stereocenters. The van der Waals surface area contributed by atoms with Gasteiger partial charge in [-0.3, -0.25) is 18.6 Å². The van der Waals surface area contributed by atoms with Crippen LogP contribution in [0.25, 0.3) is 0 Å². The minimum Gasteiger partial charge on any atom is -0.456 e. The van der Waals surface area contributed by atoms with Gasteiger partial charge in [-0.25, -0.2) is 4.57 Å². The molecule has 0 fully saturated rings. The van der Waals surface area contributed by atoms with Crippen LogP contribution < -0.4 is 5.32 Å². The second-order valence-electron chi connectivity index (χ2n) is 19.1. The quantitative estimate of drug-likeness (QED) is 0.0156. The number of allylic oxidation sites excluding steroid dienone is 7. The topological polar surface area (TPSA) is 111 Å². The minimum absolute atomic E-state index is 0.0361. The van der Waals surface area contributed by atoms with Gasteiger partial charge in [0.25, 0.3) is 0 Å². The van der Waals surface area contributed by atoms with Crippen molar-refractivity contribution in [1.29, 1.82) is 0 Å². The highest BCUT2D eigenvalue weighted by molar-refractivity contribution is 7.47. The number of hydrogen-bond donors (Lipinski definition) is 2. The molecule has 374 valence electrons. The van der Waals surface area contributed by atoms with Crippen LogP contribution in [0.3, 0.4) is 0 Å². The van der Waals surface area contributed by atoms with Crippen LogP contribution in [-0.4, -0.2) is 74.3 Å². The summed E-state index contributed by atoms with van der Waals surface area (Å²) in [4.78, 5) is 37.4. The maximum Gasteiger partial charge on any atom is 0.472 e. The van der Waals surface area contributed by atoms with Crippen molar-refractivity contribution in [3.63, 3.8) is 0 Å². The summed E-state index contributed by atoms with van der Waals surface area (Å²) in [6.45, 7) is 6.91. The monoisotopic (exact) mass is 922 g/mol. The van der Waals surface area contributed by atoms with Gasteiger partial charge in [0.2, 0.25) is 5.91 Å². The molecule has 0 aliphatic carbocycles. The molecule has 10 heteroatoms. The maximum absolute atomic E-state index is 13.4. The Morgan fingerprint density at radius 2 is 0.969 bits per heavy atom. The normalized spacial score (nSPS) is 14.3. The fraction of sp³-hybridized carbons (Fsp3) is 0.815. The average molecular weight is 922 g/mol. The first kappa shape index (κ1) is 62.0. The molecular weight excluding hydrogens is 820 g/mol. The van der Waals surface area contributed by atoms with Gasteiger partial charge in [-0.1, -0.05) is 192 Å². The van der Waals surface area contributed by atoms with Gasteiger partial charge in [-0.05, 0) is 76.7 Å². The largest absolute Gasteiger partial charge is 0.472 e. The van der Waals surface area contributed by atoms with E-state index in [1.807, 2.05) is 33.3 Å². The van der Waals surface area contributed by atoms with Gasteiger partial charge < -0.3 is 19.4 Å². The molecule has 0 aromatic heterocycles. The lowest BCUT2D eigenvalue weighted by molar-refractivity contribution is -0.870. The van der Waals surface area contributed by atoms with E-state index in [1.165, 1.54) is 96.3 Å². The van der Waals surface area contributed by atoms with E-state index in [2.05, 4.69) is 62.5 Å². The van der Waals surface area contributed by atoms with Crippen molar-refractivity contribution in [2.45, 2.75) is 245 Å². The van der Waals surface area contributed by atoms with Gasteiger partial charge in [0.15, 0.2) is 0 Å². The first-order valence-corrected chi connectivity index (χ1v) is 28.0.